The van der Waals surface area contributed by atoms with Crippen molar-refractivity contribution < 1.29 is 18.3 Å². The Morgan fingerprint density at radius 2 is 2.00 bits per heavy atom. The molecule has 1 fully saturated rings. The van der Waals surface area contributed by atoms with Gasteiger partial charge in [-0.3, -0.25) is 4.57 Å². The fraction of sp³-hybridized carbons (Fsp3) is 1.00. The van der Waals surface area contributed by atoms with E-state index in [1.54, 1.807) is 0 Å². The maximum Gasteiger partial charge on any atom is 0.358 e. The smallest absolute Gasteiger partial charge is 0.358 e. The van der Waals surface area contributed by atoms with Crippen LogP contribution >= 0.6 is 7.60 Å². The Kier molecular flexibility index (Phi) is 3.72. The first-order valence-electron chi connectivity index (χ1n) is 4.06. The lowest BCUT2D eigenvalue weighted by molar-refractivity contribution is 0.0435. The summed E-state index contributed by atoms with van der Waals surface area (Å²) in [4.78, 5) is 0. The van der Waals surface area contributed by atoms with Crippen LogP contribution in [-0.2, 0) is 18.3 Å². The van der Waals surface area contributed by atoms with E-state index in [4.69, 9.17) is 13.8 Å². The van der Waals surface area contributed by atoms with Crippen molar-refractivity contribution in [1.29, 1.82) is 0 Å². The SMILES string of the molecule is COP(=O)(OC)C1CCCCO1. The van der Waals surface area contributed by atoms with Crippen molar-refractivity contribution in [3.63, 3.8) is 0 Å². The van der Waals surface area contributed by atoms with Gasteiger partial charge in [-0.15, -0.1) is 0 Å². The molecule has 0 amide bonds. The minimum atomic E-state index is -2.98. The lowest BCUT2D eigenvalue weighted by atomic mass is 10.2. The highest BCUT2D eigenvalue weighted by Crippen LogP contribution is 2.54. The van der Waals surface area contributed by atoms with Crippen LogP contribution in [0.4, 0.5) is 0 Å². The van der Waals surface area contributed by atoms with Gasteiger partial charge in [-0.1, -0.05) is 0 Å². The molecule has 4 nitrogen and oxygen atoms in total. The number of rotatable bonds is 3. The van der Waals surface area contributed by atoms with Crippen LogP contribution in [0, 0.1) is 0 Å². The number of hydrogen-bond acceptors (Lipinski definition) is 4. The van der Waals surface area contributed by atoms with Crippen molar-refractivity contribution in [3.8, 4) is 0 Å². The molecule has 0 aromatic rings. The lowest BCUT2D eigenvalue weighted by Gasteiger charge is -2.27. The molecule has 1 aliphatic rings. The molecule has 0 saturated carbocycles. The first-order valence-corrected chi connectivity index (χ1v) is 5.67. The fourth-order valence-electron chi connectivity index (χ4n) is 1.28. The Balaban J connectivity index is 2.58. The topological polar surface area (TPSA) is 44.8 Å². The van der Waals surface area contributed by atoms with Crippen molar-refractivity contribution in [1.82, 2.24) is 0 Å². The highest BCUT2D eigenvalue weighted by Gasteiger charge is 2.35. The molecule has 1 atom stereocenters. The molecule has 1 saturated heterocycles. The molecule has 1 rings (SSSR count). The van der Waals surface area contributed by atoms with E-state index in [2.05, 4.69) is 0 Å². The van der Waals surface area contributed by atoms with Gasteiger partial charge in [0.2, 0.25) is 0 Å². The Labute approximate surface area is 72.7 Å². The van der Waals surface area contributed by atoms with Gasteiger partial charge in [-0.25, -0.2) is 0 Å². The molecule has 1 heterocycles. The largest absolute Gasteiger partial charge is 0.366 e. The molecule has 0 bridgehead atoms. The van der Waals surface area contributed by atoms with Crippen LogP contribution in [0.2, 0.25) is 0 Å². The molecule has 5 heteroatoms. The second-order valence-electron chi connectivity index (χ2n) is 2.73. The highest BCUT2D eigenvalue weighted by molar-refractivity contribution is 7.54. The Morgan fingerprint density at radius 3 is 2.42 bits per heavy atom. The summed E-state index contributed by atoms with van der Waals surface area (Å²) in [7, 11) is -0.197. The van der Waals surface area contributed by atoms with Gasteiger partial charge in [0.25, 0.3) is 0 Å². The van der Waals surface area contributed by atoms with Crippen LogP contribution in [0.25, 0.3) is 0 Å². The van der Waals surface area contributed by atoms with Gasteiger partial charge < -0.3 is 13.8 Å². The van der Waals surface area contributed by atoms with E-state index in [1.165, 1.54) is 14.2 Å². The first-order chi connectivity index (χ1) is 5.73. The zero-order chi connectivity index (χ0) is 9.03. The molecule has 0 aliphatic carbocycles. The first kappa shape index (κ1) is 10.2. The molecule has 0 radical (unpaired) electrons. The van der Waals surface area contributed by atoms with Gasteiger partial charge in [0.1, 0.15) is 0 Å². The summed E-state index contributed by atoms with van der Waals surface area (Å²) in [6.07, 6.45) is 2.82. The van der Waals surface area contributed by atoms with Crippen LogP contribution in [0.5, 0.6) is 0 Å². The van der Waals surface area contributed by atoms with Crippen molar-refractivity contribution in [2.45, 2.75) is 25.1 Å². The van der Waals surface area contributed by atoms with Gasteiger partial charge in [0.15, 0.2) is 5.85 Å². The quantitative estimate of drug-likeness (QED) is 0.644. The van der Waals surface area contributed by atoms with E-state index in [9.17, 15) is 4.57 Å². The molecule has 0 aromatic heterocycles. The average Bonchev–Trinajstić information content (AvgIpc) is 2.18. The molecule has 0 aromatic carbocycles. The van der Waals surface area contributed by atoms with E-state index >= 15 is 0 Å². The van der Waals surface area contributed by atoms with E-state index in [-0.39, 0.29) is 5.85 Å². The zero-order valence-corrected chi connectivity index (χ0v) is 8.38. The second kappa shape index (κ2) is 4.38. The standard InChI is InChI=1S/C7H15O4P/c1-9-12(8,10-2)7-5-3-4-6-11-7/h7H,3-6H2,1-2H3. The molecular weight excluding hydrogens is 179 g/mol. The Bertz CT molecular complexity index is 168. The predicted octanol–water partition coefficient (Wildman–Crippen LogP) is 2.00. The molecule has 1 unspecified atom stereocenters. The van der Waals surface area contributed by atoms with Gasteiger partial charge in [-0.2, -0.15) is 0 Å². The summed E-state index contributed by atoms with van der Waals surface area (Å²) in [5.74, 6) is -0.360. The summed E-state index contributed by atoms with van der Waals surface area (Å²) in [6, 6.07) is 0. The maximum atomic E-state index is 11.7. The molecular formula is C7H15O4P. The third-order valence-electron chi connectivity index (χ3n) is 2.02. The summed E-state index contributed by atoms with van der Waals surface area (Å²) < 4.78 is 26.7. The summed E-state index contributed by atoms with van der Waals surface area (Å²) in [5, 5.41) is 0. The van der Waals surface area contributed by atoms with E-state index in [0.717, 1.165) is 19.3 Å². The van der Waals surface area contributed by atoms with Gasteiger partial charge in [0.05, 0.1) is 0 Å². The number of ether oxygens (including phenoxy) is 1. The highest BCUT2D eigenvalue weighted by atomic mass is 31.2. The molecule has 0 N–H and O–H groups in total. The molecule has 1 aliphatic heterocycles. The van der Waals surface area contributed by atoms with Crippen molar-refractivity contribution in [3.05, 3.63) is 0 Å². The normalized spacial score (nSPS) is 25.7. The summed E-state index contributed by atoms with van der Waals surface area (Å²) >= 11 is 0. The van der Waals surface area contributed by atoms with Gasteiger partial charge in [-0.05, 0) is 19.3 Å². The zero-order valence-electron chi connectivity index (χ0n) is 7.49. The van der Waals surface area contributed by atoms with E-state index in [0.29, 0.717) is 6.61 Å². The maximum absolute atomic E-state index is 11.7. The fourth-order valence-corrected chi connectivity index (χ4v) is 2.69. The predicted molar refractivity (Wildman–Crippen MR) is 45.2 cm³/mol. The summed E-state index contributed by atoms with van der Waals surface area (Å²) in [5.41, 5.74) is 0. The van der Waals surface area contributed by atoms with Crippen LogP contribution < -0.4 is 0 Å². The van der Waals surface area contributed by atoms with E-state index in [1.807, 2.05) is 0 Å². The molecule has 72 valence electrons. The lowest BCUT2D eigenvalue weighted by Crippen LogP contribution is -2.20. The molecule has 0 spiro atoms. The van der Waals surface area contributed by atoms with Crippen molar-refractivity contribution in [2.75, 3.05) is 20.8 Å². The van der Waals surface area contributed by atoms with Crippen molar-refractivity contribution >= 4 is 7.60 Å². The van der Waals surface area contributed by atoms with Crippen LogP contribution in [0.3, 0.4) is 0 Å². The third kappa shape index (κ3) is 2.07. The van der Waals surface area contributed by atoms with Crippen LogP contribution in [0.15, 0.2) is 0 Å². The third-order valence-corrected chi connectivity index (χ3v) is 4.15. The van der Waals surface area contributed by atoms with Gasteiger partial charge in [0, 0.05) is 20.8 Å². The van der Waals surface area contributed by atoms with Crippen LogP contribution in [0.1, 0.15) is 19.3 Å². The molecule has 12 heavy (non-hydrogen) atoms. The average molecular weight is 194 g/mol. The summed E-state index contributed by atoms with van der Waals surface area (Å²) in [6.45, 7) is 0.654. The minimum Gasteiger partial charge on any atom is -0.366 e. The second-order valence-corrected chi connectivity index (χ2v) is 5.11. The van der Waals surface area contributed by atoms with Crippen molar-refractivity contribution in [2.24, 2.45) is 0 Å². The Morgan fingerprint density at radius 1 is 1.33 bits per heavy atom. The monoisotopic (exact) mass is 194 g/mol. The van der Waals surface area contributed by atoms with Crippen LogP contribution in [-0.4, -0.2) is 26.7 Å². The Hall–Kier alpha value is 0.110. The number of hydrogen-bond donors (Lipinski definition) is 0. The van der Waals surface area contributed by atoms with E-state index < -0.39 is 7.60 Å². The van der Waals surface area contributed by atoms with Gasteiger partial charge >= 0.3 is 7.60 Å². The minimum absolute atomic E-state index is 0.360.